The SMILES string of the molecule is CC(C)NS(=O)(=O)Cc1ccc(CNC(=O)c2ccc(F)cc2Cl)cc1. The zero-order chi connectivity index (χ0) is 19.3. The summed E-state index contributed by atoms with van der Waals surface area (Å²) in [6.07, 6.45) is 0. The van der Waals surface area contributed by atoms with Gasteiger partial charge in [-0.1, -0.05) is 35.9 Å². The van der Waals surface area contributed by atoms with E-state index in [4.69, 9.17) is 11.6 Å². The van der Waals surface area contributed by atoms with Crippen molar-refractivity contribution in [2.45, 2.75) is 32.2 Å². The van der Waals surface area contributed by atoms with Gasteiger partial charge in [-0.25, -0.2) is 17.5 Å². The molecule has 0 bridgehead atoms. The number of carbonyl (C=O) groups is 1. The van der Waals surface area contributed by atoms with Gasteiger partial charge in [-0.2, -0.15) is 0 Å². The fourth-order valence-electron chi connectivity index (χ4n) is 2.32. The smallest absolute Gasteiger partial charge is 0.253 e. The molecule has 2 rings (SSSR count). The zero-order valence-electron chi connectivity index (χ0n) is 14.4. The van der Waals surface area contributed by atoms with Crippen molar-refractivity contribution in [1.82, 2.24) is 10.0 Å². The molecule has 1 amide bonds. The van der Waals surface area contributed by atoms with E-state index in [0.717, 1.165) is 11.6 Å². The van der Waals surface area contributed by atoms with Crippen molar-refractivity contribution in [2.24, 2.45) is 0 Å². The van der Waals surface area contributed by atoms with Gasteiger partial charge in [0.2, 0.25) is 10.0 Å². The van der Waals surface area contributed by atoms with Crippen molar-refractivity contribution >= 4 is 27.5 Å². The lowest BCUT2D eigenvalue weighted by atomic mass is 10.1. The van der Waals surface area contributed by atoms with E-state index in [9.17, 15) is 17.6 Å². The minimum atomic E-state index is -3.38. The van der Waals surface area contributed by atoms with E-state index in [1.165, 1.54) is 12.1 Å². The predicted molar refractivity (Wildman–Crippen MR) is 99.9 cm³/mol. The predicted octanol–water partition coefficient (Wildman–Crippen LogP) is 3.24. The molecule has 0 heterocycles. The number of sulfonamides is 1. The van der Waals surface area contributed by atoms with Crippen LogP contribution in [0.1, 0.15) is 35.3 Å². The number of amides is 1. The highest BCUT2D eigenvalue weighted by atomic mass is 35.5. The molecular formula is C18H20ClFN2O3S. The van der Waals surface area contributed by atoms with Crippen LogP contribution in [0.15, 0.2) is 42.5 Å². The lowest BCUT2D eigenvalue weighted by Gasteiger charge is -2.10. The normalized spacial score (nSPS) is 11.6. The summed E-state index contributed by atoms with van der Waals surface area (Å²) in [7, 11) is -3.38. The minimum absolute atomic E-state index is 0.0423. The Balaban J connectivity index is 1.96. The van der Waals surface area contributed by atoms with Gasteiger partial charge >= 0.3 is 0 Å². The Morgan fingerprint density at radius 1 is 1.12 bits per heavy atom. The summed E-state index contributed by atoms with van der Waals surface area (Å²) in [5, 5.41) is 2.74. The molecule has 0 unspecified atom stereocenters. The van der Waals surface area contributed by atoms with E-state index in [-0.39, 0.29) is 28.9 Å². The van der Waals surface area contributed by atoms with Gasteiger partial charge in [0.25, 0.3) is 5.91 Å². The highest BCUT2D eigenvalue weighted by molar-refractivity contribution is 7.88. The zero-order valence-corrected chi connectivity index (χ0v) is 16.0. The summed E-state index contributed by atoms with van der Waals surface area (Å²) < 4.78 is 39.4. The fraction of sp³-hybridized carbons (Fsp3) is 0.278. The van der Waals surface area contributed by atoms with Crippen LogP contribution in [0.2, 0.25) is 5.02 Å². The number of halogens is 2. The first-order valence-corrected chi connectivity index (χ1v) is 10.0. The number of benzene rings is 2. The van der Waals surface area contributed by atoms with Crippen LogP contribution in [0, 0.1) is 5.82 Å². The first-order chi connectivity index (χ1) is 12.2. The third-order valence-corrected chi connectivity index (χ3v) is 5.28. The maximum atomic E-state index is 13.0. The van der Waals surface area contributed by atoms with Crippen LogP contribution in [-0.2, 0) is 22.3 Å². The maximum absolute atomic E-state index is 13.0. The average Bonchev–Trinajstić information content (AvgIpc) is 2.52. The highest BCUT2D eigenvalue weighted by Gasteiger charge is 2.13. The van der Waals surface area contributed by atoms with Crippen LogP contribution >= 0.6 is 11.6 Å². The van der Waals surface area contributed by atoms with Crippen LogP contribution in [0.3, 0.4) is 0 Å². The lowest BCUT2D eigenvalue weighted by Crippen LogP contribution is -2.31. The highest BCUT2D eigenvalue weighted by Crippen LogP contribution is 2.17. The van der Waals surface area contributed by atoms with Crippen molar-refractivity contribution < 1.29 is 17.6 Å². The topological polar surface area (TPSA) is 75.3 Å². The van der Waals surface area contributed by atoms with Crippen LogP contribution in [0.25, 0.3) is 0 Å². The molecule has 0 aliphatic heterocycles. The summed E-state index contributed by atoms with van der Waals surface area (Å²) in [4.78, 5) is 12.1. The van der Waals surface area contributed by atoms with Gasteiger partial charge in [-0.05, 0) is 43.2 Å². The molecule has 2 aromatic rings. The third kappa shape index (κ3) is 6.09. The second kappa shape index (κ2) is 8.62. The van der Waals surface area contributed by atoms with Crippen molar-refractivity contribution in [1.29, 1.82) is 0 Å². The average molecular weight is 399 g/mol. The molecular weight excluding hydrogens is 379 g/mol. The van der Waals surface area contributed by atoms with E-state index in [2.05, 4.69) is 10.0 Å². The number of carbonyl (C=O) groups excluding carboxylic acids is 1. The Kier molecular flexibility index (Phi) is 6.75. The van der Waals surface area contributed by atoms with Crippen LogP contribution in [0.4, 0.5) is 4.39 Å². The second-order valence-corrected chi connectivity index (χ2v) is 8.32. The molecule has 0 fully saturated rings. The molecule has 2 aromatic carbocycles. The van der Waals surface area contributed by atoms with E-state index in [0.29, 0.717) is 5.56 Å². The second-order valence-electron chi connectivity index (χ2n) is 6.15. The molecule has 0 spiro atoms. The third-order valence-electron chi connectivity index (χ3n) is 3.42. The van der Waals surface area contributed by atoms with Crippen molar-refractivity contribution in [3.63, 3.8) is 0 Å². The van der Waals surface area contributed by atoms with Gasteiger partial charge in [-0.15, -0.1) is 0 Å². The van der Waals surface area contributed by atoms with Gasteiger partial charge in [0.15, 0.2) is 0 Å². The van der Waals surface area contributed by atoms with Crippen LogP contribution < -0.4 is 10.0 Å². The van der Waals surface area contributed by atoms with E-state index in [1.54, 1.807) is 38.1 Å². The molecule has 8 heteroatoms. The summed E-state index contributed by atoms with van der Waals surface area (Å²) in [5.41, 5.74) is 1.64. The van der Waals surface area contributed by atoms with Crippen molar-refractivity contribution in [3.05, 3.63) is 70.0 Å². The molecule has 0 saturated carbocycles. The number of nitrogens with one attached hydrogen (secondary N) is 2. The quantitative estimate of drug-likeness (QED) is 0.751. The summed E-state index contributed by atoms with van der Waals surface area (Å²) in [5.74, 6) is -1.03. The summed E-state index contributed by atoms with van der Waals surface area (Å²) >= 11 is 5.86. The Morgan fingerprint density at radius 3 is 2.31 bits per heavy atom. The first kappa shape index (κ1) is 20.4. The Morgan fingerprint density at radius 2 is 1.73 bits per heavy atom. The molecule has 0 aliphatic rings. The molecule has 26 heavy (non-hydrogen) atoms. The molecule has 0 saturated heterocycles. The monoisotopic (exact) mass is 398 g/mol. The maximum Gasteiger partial charge on any atom is 0.253 e. The van der Waals surface area contributed by atoms with Crippen molar-refractivity contribution in [2.75, 3.05) is 0 Å². The van der Waals surface area contributed by atoms with Crippen molar-refractivity contribution in [3.8, 4) is 0 Å². The fourth-order valence-corrected chi connectivity index (χ4v) is 4.01. The van der Waals surface area contributed by atoms with Gasteiger partial charge < -0.3 is 5.32 Å². The molecule has 0 aliphatic carbocycles. The Bertz CT molecular complexity index is 884. The van der Waals surface area contributed by atoms with Gasteiger partial charge in [-0.3, -0.25) is 4.79 Å². The minimum Gasteiger partial charge on any atom is -0.348 e. The van der Waals surface area contributed by atoms with Gasteiger partial charge in [0, 0.05) is 12.6 Å². The van der Waals surface area contributed by atoms with Gasteiger partial charge in [0.05, 0.1) is 16.3 Å². The molecule has 0 atom stereocenters. The molecule has 0 aromatic heterocycles. The van der Waals surface area contributed by atoms with E-state index < -0.39 is 21.7 Å². The summed E-state index contributed by atoms with van der Waals surface area (Å²) in [6, 6.07) is 10.3. The van der Waals surface area contributed by atoms with E-state index >= 15 is 0 Å². The molecule has 2 N–H and O–H groups in total. The molecule has 140 valence electrons. The number of hydrogen-bond donors (Lipinski definition) is 2. The lowest BCUT2D eigenvalue weighted by molar-refractivity contribution is 0.0951. The molecule has 0 radical (unpaired) electrons. The standard InChI is InChI=1S/C18H20ClFN2O3S/c1-12(2)22-26(24,25)11-14-5-3-13(4-6-14)10-21-18(23)16-8-7-15(20)9-17(16)19/h3-9,12,22H,10-11H2,1-2H3,(H,21,23). The summed E-state index contributed by atoms with van der Waals surface area (Å²) in [6.45, 7) is 3.76. The van der Waals surface area contributed by atoms with Crippen LogP contribution in [-0.4, -0.2) is 20.4 Å². The number of rotatable bonds is 7. The first-order valence-electron chi connectivity index (χ1n) is 7.97. The number of hydrogen-bond acceptors (Lipinski definition) is 3. The Labute approximate surface area is 157 Å². The van der Waals surface area contributed by atoms with Gasteiger partial charge in [0.1, 0.15) is 5.82 Å². The van der Waals surface area contributed by atoms with E-state index in [1.807, 2.05) is 0 Å². The largest absolute Gasteiger partial charge is 0.348 e. The molecule has 5 nitrogen and oxygen atoms in total. The van der Waals surface area contributed by atoms with Crippen LogP contribution in [0.5, 0.6) is 0 Å². The Hall–Kier alpha value is -1.96.